The molecule has 20 heavy (non-hydrogen) atoms. The summed E-state index contributed by atoms with van der Waals surface area (Å²) in [6.45, 7) is 4.63. The molecule has 0 radical (unpaired) electrons. The Labute approximate surface area is 122 Å². The lowest BCUT2D eigenvalue weighted by atomic mass is 9.49. The predicted octanol–water partition coefficient (Wildman–Crippen LogP) is 2.33. The summed E-state index contributed by atoms with van der Waals surface area (Å²) < 4.78 is 0. The van der Waals surface area contributed by atoms with Crippen LogP contribution >= 0.6 is 0 Å². The van der Waals surface area contributed by atoms with E-state index in [4.69, 9.17) is 0 Å². The van der Waals surface area contributed by atoms with E-state index in [2.05, 4.69) is 13.8 Å². The minimum atomic E-state index is -0.272. The van der Waals surface area contributed by atoms with Gasteiger partial charge in [0.05, 0.1) is 12.2 Å². The van der Waals surface area contributed by atoms with Crippen molar-refractivity contribution in [2.45, 2.75) is 71.0 Å². The molecular weight excluding hydrogens is 252 g/mol. The Morgan fingerprint density at radius 2 is 1.60 bits per heavy atom. The Balaban J connectivity index is 1.89. The summed E-state index contributed by atoms with van der Waals surface area (Å²) in [7, 11) is 0. The van der Waals surface area contributed by atoms with E-state index in [-0.39, 0.29) is 29.6 Å². The molecule has 3 fully saturated rings. The van der Waals surface area contributed by atoms with Crippen LogP contribution in [0, 0.1) is 28.6 Å². The molecule has 0 aliphatic heterocycles. The topological polar surface area (TPSA) is 60.7 Å². The third-order valence-electron chi connectivity index (χ3n) is 7.42. The van der Waals surface area contributed by atoms with E-state index in [0.29, 0.717) is 24.2 Å². The van der Waals surface area contributed by atoms with Crippen LogP contribution in [0.1, 0.15) is 58.8 Å². The number of hydrogen-bond acceptors (Lipinski definition) is 3. The van der Waals surface area contributed by atoms with E-state index >= 15 is 0 Å². The molecular formula is C17H30O3. The number of fused-ring (bicyclic) bond motifs is 3. The van der Waals surface area contributed by atoms with Crippen LogP contribution < -0.4 is 0 Å². The van der Waals surface area contributed by atoms with Gasteiger partial charge in [0.2, 0.25) is 0 Å². The van der Waals surface area contributed by atoms with Gasteiger partial charge in [0, 0.05) is 6.61 Å². The van der Waals surface area contributed by atoms with Crippen molar-refractivity contribution in [1.29, 1.82) is 0 Å². The fraction of sp³-hybridized carbons (Fsp3) is 1.00. The molecule has 0 amide bonds. The average Bonchev–Trinajstić information content (AvgIpc) is 2.71. The highest BCUT2D eigenvalue weighted by Crippen LogP contribution is 2.63. The highest BCUT2D eigenvalue weighted by atomic mass is 16.3. The van der Waals surface area contributed by atoms with E-state index < -0.39 is 0 Å². The zero-order chi connectivity index (χ0) is 14.5. The van der Waals surface area contributed by atoms with Crippen molar-refractivity contribution < 1.29 is 15.3 Å². The molecule has 3 aliphatic carbocycles. The molecule has 3 rings (SSSR count). The van der Waals surface area contributed by atoms with Crippen molar-refractivity contribution in [1.82, 2.24) is 0 Å². The van der Waals surface area contributed by atoms with E-state index in [1.807, 2.05) is 0 Å². The van der Waals surface area contributed by atoms with Crippen molar-refractivity contribution in [3.8, 4) is 0 Å². The lowest BCUT2D eigenvalue weighted by Crippen LogP contribution is -2.54. The van der Waals surface area contributed by atoms with Gasteiger partial charge in [-0.15, -0.1) is 0 Å². The normalized spacial score (nSPS) is 55.4. The zero-order valence-electron chi connectivity index (χ0n) is 12.9. The maximum absolute atomic E-state index is 10.5. The molecule has 3 saturated carbocycles. The summed E-state index contributed by atoms with van der Waals surface area (Å²) >= 11 is 0. The largest absolute Gasteiger partial charge is 0.396 e. The molecule has 116 valence electrons. The summed E-state index contributed by atoms with van der Waals surface area (Å²) in [4.78, 5) is 0. The lowest BCUT2D eigenvalue weighted by Gasteiger charge is -2.57. The molecule has 0 unspecified atom stereocenters. The van der Waals surface area contributed by atoms with Gasteiger partial charge in [-0.3, -0.25) is 0 Å². The number of aliphatic hydroxyl groups is 3. The minimum absolute atomic E-state index is 0.101. The Kier molecular flexibility index (Phi) is 3.67. The van der Waals surface area contributed by atoms with E-state index in [0.717, 1.165) is 38.5 Å². The second-order valence-corrected chi connectivity index (χ2v) is 8.09. The Hall–Kier alpha value is -0.120. The van der Waals surface area contributed by atoms with Crippen LogP contribution in [-0.2, 0) is 0 Å². The molecule has 0 saturated heterocycles. The monoisotopic (exact) mass is 282 g/mol. The third kappa shape index (κ3) is 1.89. The van der Waals surface area contributed by atoms with E-state index in [9.17, 15) is 15.3 Å². The van der Waals surface area contributed by atoms with E-state index in [1.54, 1.807) is 0 Å². The van der Waals surface area contributed by atoms with Crippen LogP contribution in [0.25, 0.3) is 0 Å². The molecule has 0 aromatic heterocycles. The molecule has 0 heterocycles. The van der Waals surface area contributed by atoms with Gasteiger partial charge in [-0.1, -0.05) is 13.8 Å². The third-order valence-corrected chi connectivity index (χ3v) is 7.42. The summed E-state index contributed by atoms with van der Waals surface area (Å²) in [6, 6.07) is 0. The van der Waals surface area contributed by atoms with Gasteiger partial charge in [-0.2, -0.15) is 0 Å². The molecule has 3 aliphatic rings. The molecule has 0 bridgehead atoms. The first-order valence-electron chi connectivity index (χ1n) is 8.40. The number of aliphatic hydroxyl groups excluding tert-OH is 3. The summed E-state index contributed by atoms with van der Waals surface area (Å²) in [5.41, 5.74) is -0.0316. The van der Waals surface area contributed by atoms with Gasteiger partial charge in [-0.25, -0.2) is 0 Å². The highest BCUT2D eigenvalue weighted by molar-refractivity contribution is 5.08. The average molecular weight is 282 g/mol. The van der Waals surface area contributed by atoms with Gasteiger partial charge >= 0.3 is 0 Å². The van der Waals surface area contributed by atoms with Crippen LogP contribution in [-0.4, -0.2) is 34.1 Å². The van der Waals surface area contributed by atoms with Crippen molar-refractivity contribution in [3.05, 3.63) is 0 Å². The number of rotatable bonds is 2. The SMILES string of the molecule is C[C@]1(CCO)[C@H](O)CC[C@@H]2[C@@H]1CC[C@]1(C)[C@H](O)CC[C@@H]21. The van der Waals surface area contributed by atoms with Gasteiger partial charge in [-0.05, 0) is 73.5 Å². The second kappa shape index (κ2) is 4.96. The molecule has 3 nitrogen and oxygen atoms in total. The van der Waals surface area contributed by atoms with Crippen molar-refractivity contribution in [2.24, 2.45) is 28.6 Å². The van der Waals surface area contributed by atoms with Crippen LogP contribution in [0.5, 0.6) is 0 Å². The fourth-order valence-electron chi connectivity index (χ4n) is 6.00. The summed E-state index contributed by atoms with van der Waals surface area (Å²) in [6.07, 6.45) is 6.53. The van der Waals surface area contributed by atoms with Gasteiger partial charge in [0.15, 0.2) is 0 Å². The van der Waals surface area contributed by atoms with Gasteiger partial charge < -0.3 is 15.3 Å². The first-order chi connectivity index (χ1) is 9.43. The Morgan fingerprint density at radius 1 is 0.900 bits per heavy atom. The van der Waals surface area contributed by atoms with Crippen LogP contribution in [0.15, 0.2) is 0 Å². The van der Waals surface area contributed by atoms with Crippen LogP contribution in [0.2, 0.25) is 0 Å². The first kappa shape index (κ1) is 14.8. The maximum Gasteiger partial charge on any atom is 0.0597 e. The lowest BCUT2D eigenvalue weighted by molar-refractivity contribution is -0.140. The second-order valence-electron chi connectivity index (χ2n) is 8.09. The van der Waals surface area contributed by atoms with Crippen LogP contribution in [0.4, 0.5) is 0 Å². The summed E-state index contributed by atoms with van der Waals surface area (Å²) in [5.74, 6) is 1.76. The van der Waals surface area contributed by atoms with E-state index in [1.165, 1.54) is 0 Å². The minimum Gasteiger partial charge on any atom is -0.396 e. The smallest absolute Gasteiger partial charge is 0.0597 e. The Morgan fingerprint density at radius 3 is 2.30 bits per heavy atom. The van der Waals surface area contributed by atoms with Crippen molar-refractivity contribution >= 4 is 0 Å². The van der Waals surface area contributed by atoms with Crippen molar-refractivity contribution in [3.63, 3.8) is 0 Å². The zero-order valence-corrected chi connectivity index (χ0v) is 12.9. The van der Waals surface area contributed by atoms with Crippen LogP contribution in [0.3, 0.4) is 0 Å². The quantitative estimate of drug-likeness (QED) is 0.728. The van der Waals surface area contributed by atoms with Gasteiger partial charge in [0.25, 0.3) is 0 Å². The number of hydrogen-bond donors (Lipinski definition) is 3. The molecule has 0 aromatic carbocycles. The first-order valence-corrected chi connectivity index (χ1v) is 8.40. The molecule has 3 N–H and O–H groups in total. The van der Waals surface area contributed by atoms with Crippen molar-refractivity contribution in [2.75, 3.05) is 6.61 Å². The molecule has 3 heteroatoms. The molecule has 0 aromatic rings. The maximum atomic E-state index is 10.5. The molecule has 7 atom stereocenters. The Bertz CT molecular complexity index is 371. The standard InChI is InChI=1S/C17H30O3/c1-16-8-7-13-11(12(16)4-6-15(16)20)3-5-14(19)17(13,2)9-10-18/h11-15,18-20H,3-10H2,1-2H3/t11-,12-,13-,14+,15+,16-,17+/m0/s1. The predicted molar refractivity (Wildman–Crippen MR) is 78.1 cm³/mol. The fourth-order valence-corrected chi connectivity index (χ4v) is 6.00. The highest BCUT2D eigenvalue weighted by Gasteiger charge is 2.59. The van der Waals surface area contributed by atoms with Gasteiger partial charge in [0.1, 0.15) is 0 Å². The molecule has 0 spiro atoms. The summed E-state index contributed by atoms with van der Waals surface area (Å²) in [5, 5.41) is 30.3.